The van der Waals surface area contributed by atoms with Gasteiger partial charge in [-0.15, -0.1) is 0 Å². The van der Waals surface area contributed by atoms with Crippen molar-refractivity contribution < 1.29 is 18.7 Å². The van der Waals surface area contributed by atoms with Gasteiger partial charge in [0.2, 0.25) is 0 Å². The molecule has 0 saturated heterocycles. The molecule has 1 amide bonds. The smallest absolute Gasteiger partial charge is 0.307 e. The molecule has 2 aromatic carbocycles. The lowest BCUT2D eigenvalue weighted by Gasteiger charge is -2.17. The van der Waals surface area contributed by atoms with Crippen molar-refractivity contribution in [3.63, 3.8) is 0 Å². The standard InChI is InChI=1S/C24H24FN3O4/c1-2-20(23(30)26-16-9-7-15(25)8-10-16)32-22(29)14-13-21-27-19-6-4-3-5-18(19)24(31)28(21)17-11-12-17/h3-10,17,20H,2,11-14H2,1H3,(H,26,30)/t20-/m1/s1. The number of hydrogen-bond donors (Lipinski definition) is 1. The summed E-state index contributed by atoms with van der Waals surface area (Å²) in [6, 6.07) is 12.6. The molecule has 7 nitrogen and oxygen atoms in total. The van der Waals surface area contributed by atoms with E-state index in [0.717, 1.165) is 12.8 Å². The van der Waals surface area contributed by atoms with Crippen LogP contribution in [0.25, 0.3) is 10.9 Å². The predicted molar refractivity (Wildman–Crippen MR) is 118 cm³/mol. The first-order chi connectivity index (χ1) is 15.5. The molecule has 8 heteroatoms. The van der Waals surface area contributed by atoms with Crippen LogP contribution >= 0.6 is 0 Å². The van der Waals surface area contributed by atoms with Crippen LogP contribution in [0.15, 0.2) is 53.3 Å². The Morgan fingerprint density at radius 2 is 1.91 bits per heavy atom. The van der Waals surface area contributed by atoms with Gasteiger partial charge in [-0.25, -0.2) is 9.37 Å². The maximum Gasteiger partial charge on any atom is 0.307 e. The summed E-state index contributed by atoms with van der Waals surface area (Å²) in [6.45, 7) is 1.73. The molecule has 166 valence electrons. The highest BCUT2D eigenvalue weighted by Gasteiger charge is 2.29. The fourth-order valence-corrected chi connectivity index (χ4v) is 3.59. The number of fused-ring (bicyclic) bond motifs is 1. The van der Waals surface area contributed by atoms with Crippen LogP contribution in [0, 0.1) is 5.82 Å². The van der Waals surface area contributed by atoms with Gasteiger partial charge in [0.1, 0.15) is 11.6 Å². The van der Waals surface area contributed by atoms with Gasteiger partial charge >= 0.3 is 5.97 Å². The maximum atomic E-state index is 13.0. The molecule has 1 saturated carbocycles. The first kappa shape index (κ1) is 21.7. The number of hydrogen-bond acceptors (Lipinski definition) is 5. The lowest BCUT2D eigenvalue weighted by molar-refractivity contribution is -0.154. The van der Waals surface area contributed by atoms with Crippen LogP contribution in [0.4, 0.5) is 10.1 Å². The molecule has 1 aliphatic rings. The fraction of sp³-hybridized carbons (Fsp3) is 0.333. The van der Waals surface area contributed by atoms with Gasteiger partial charge in [-0.2, -0.15) is 0 Å². The largest absolute Gasteiger partial charge is 0.452 e. The lowest BCUT2D eigenvalue weighted by atomic mass is 10.2. The molecule has 0 unspecified atom stereocenters. The molecule has 1 aromatic heterocycles. The van der Waals surface area contributed by atoms with Crippen molar-refractivity contribution in [2.45, 2.75) is 51.2 Å². The van der Waals surface area contributed by atoms with Gasteiger partial charge in [-0.3, -0.25) is 19.0 Å². The topological polar surface area (TPSA) is 90.3 Å². The maximum absolute atomic E-state index is 13.0. The number of rotatable bonds is 8. The number of aromatic nitrogens is 2. The first-order valence-corrected chi connectivity index (χ1v) is 10.7. The van der Waals surface area contributed by atoms with E-state index in [-0.39, 0.29) is 24.4 Å². The van der Waals surface area contributed by atoms with E-state index in [2.05, 4.69) is 10.3 Å². The van der Waals surface area contributed by atoms with Gasteiger partial charge in [0.15, 0.2) is 6.10 Å². The van der Waals surface area contributed by atoms with Crippen molar-refractivity contribution in [1.82, 2.24) is 9.55 Å². The van der Waals surface area contributed by atoms with Crippen molar-refractivity contribution in [2.24, 2.45) is 0 Å². The zero-order valence-corrected chi connectivity index (χ0v) is 17.7. The molecule has 3 aromatic rings. The molecule has 0 radical (unpaired) electrons. The van der Waals surface area contributed by atoms with E-state index in [1.165, 1.54) is 24.3 Å². The Labute approximate surface area is 184 Å². The van der Waals surface area contributed by atoms with Gasteiger partial charge in [-0.05, 0) is 55.7 Å². The Morgan fingerprint density at radius 3 is 2.59 bits per heavy atom. The number of nitrogens with zero attached hydrogens (tertiary/aromatic N) is 2. The van der Waals surface area contributed by atoms with E-state index < -0.39 is 23.8 Å². The Kier molecular flexibility index (Phi) is 6.30. The van der Waals surface area contributed by atoms with Crippen LogP contribution in [0.5, 0.6) is 0 Å². The minimum Gasteiger partial charge on any atom is -0.452 e. The summed E-state index contributed by atoms with van der Waals surface area (Å²) >= 11 is 0. The number of esters is 1. The summed E-state index contributed by atoms with van der Waals surface area (Å²) in [5, 5.41) is 3.18. The minimum atomic E-state index is -0.970. The van der Waals surface area contributed by atoms with Crippen LogP contribution in [-0.4, -0.2) is 27.5 Å². The molecule has 1 aliphatic carbocycles. The van der Waals surface area contributed by atoms with Crippen molar-refractivity contribution in [1.29, 1.82) is 0 Å². The quantitative estimate of drug-likeness (QED) is 0.542. The number of aryl methyl sites for hydroxylation is 1. The van der Waals surface area contributed by atoms with Gasteiger partial charge in [0.25, 0.3) is 11.5 Å². The number of ether oxygens (including phenoxy) is 1. The second kappa shape index (κ2) is 9.30. The average molecular weight is 437 g/mol. The number of benzene rings is 2. The summed E-state index contributed by atoms with van der Waals surface area (Å²) in [4.78, 5) is 42.4. The molecular formula is C24H24FN3O4. The van der Waals surface area contributed by atoms with E-state index in [1.54, 1.807) is 23.6 Å². The summed E-state index contributed by atoms with van der Waals surface area (Å²) in [6.07, 6.45) is 1.39. The van der Waals surface area contributed by atoms with E-state index in [4.69, 9.17) is 4.74 Å². The lowest BCUT2D eigenvalue weighted by Crippen LogP contribution is -2.32. The molecule has 0 bridgehead atoms. The Balaban J connectivity index is 1.42. The molecule has 4 rings (SSSR count). The second-order valence-electron chi connectivity index (χ2n) is 7.83. The molecular weight excluding hydrogens is 413 g/mol. The first-order valence-electron chi connectivity index (χ1n) is 10.7. The van der Waals surface area contributed by atoms with Crippen molar-refractivity contribution in [3.05, 3.63) is 70.5 Å². The molecule has 0 spiro atoms. The highest BCUT2D eigenvalue weighted by atomic mass is 19.1. The van der Waals surface area contributed by atoms with Gasteiger partial charge in [0, 0.05) is 18.2 Å². The fourth-order valence-electron chi connectivity index (χ4n) is 3.59. The molecule has 32 heavy (non-hydrogen) atoms. The number of amides is 1. The van der Waals surface area contributed by atoms with E-state index >= 15 is 0 Å². The van der Waals surface area contributed by atoms with Crippen LogP contribution in [-0.2, 0) is 20.7 Å². The number of carbonyl (C=O) groups excluding carboxylic acids is 2. The minimum absolute atomic E-state index is 0.00215. The summed E-state index contributed by atoms with van der Waals surface area (Å²) < 4.78 is 20.1. The number of nitrogens with one attached hydrogen (secondary N) is 1. The highest BCUT2D eigenvalue weighted by molar-refractivity contribution is 5.95. The Hall–Kier alpha value is -3.55. The summed E-state index contributed by atoms with van der Waals surface area (Å²) in [7, 11) is 0. The van der Waals surface area contributed by atoms with Gasteiger partial charge in [-0.1, -0.05) is 19.1 Å². The number of para-hydroxylation sites is 1. The van der Waals surface area contributed by atoms with Crippen LogP contribution in [0.3, 0.4) is 0 Å². The molecule has 1 N–H and O–H groups in total. The Morgan fingerprint density at radius 1 is 1.19 bits per heavy atom. The van der Waals surface area contributed by atoms with Crippen molar-refractivity contribution in [2.75, 3.05) is 5.32 Å². The highest BCUT2D eigenvalue weighted by Crippen LogP contribution is 2.35. The normalized spacial score (nSPS) is 14.2. The number of carbonyl (C=O) groups is 2. The number of anilines is 1. The molecule has 1 fully saturated rings. The monoisotopic (exact) mass is 437 g/mol. The third kappa shape index (κ3) is 4.85. The van der Waals surface area contributed by atoms with Crippen LogP contribution < -0.4 is 10.9 Å². The van der Waals surface area contributed by atoms with Gasteiger partial charge < -0.3 is 10.1 Å². The van der Waals surface area contributed by atoms with Crippen molar-refractivity contribution >= 4 is 28.5 Å². The average Bonchev–Trinajstić information content (AvgIpc) is 3.62. The SMILES string of the molecule is CC[C@@H](OC(=O)CCc1nc2ccccc2c(=O)n1C1CC1)C(=O)Nc1ccc(F)cc1. The third-order valence-electron chi connectivity index (χ3n) is 5.39. The Bertz CT molecular complexity index is 1200. The van der Waals surface area contributed by atoms with E-state index in [9.17, 15) is 18.8 Å². The summed E-state index contributed by atoms with van der Waals surface area (Å²) in [5.41, 5.74) is 0.925. The van der Waals surface area contributed by atoms with Crippen LogP contribution in [0.1, 0.15) is 44.5 Å². The molecule has 0 aliphatic heterocycles. The molecule has 1 heterocycles. The number of halogens is 1. The molecule has 1 atom stereocenters. The second-order valence-corrected chi connectivity index (χ2v) is 7.83. The van der Waals surface area contributed by atoms with E-state index in [0.29, 0.717) is 28.8 Å². The third-order valence-corrected chi connectivity index (χ3v) is 5.39. The zero-order valence-electron chi connectivity index (χ0n) is 17.7. The van der Waals surface area contributed by atoms with Crippen molar-refractivity contribution in [3.8, 4) is 0 Å². The summed E-state index contributed by atoms with van der Waals surface area (Å²) in [5.74, 6) is -0.882. The zero-order chi connectivity index (χ0) is 22.7. The van der Waals surface area contributed by atoms with Crippen LogP contribution in [0.2, 0.25) is 0 Å². The predicted octanol–water partition coefficient (Wildman–Crippen LogP) is 3.76. The van der Waals surface area contributed by atoms with E-state index in [1.807, 2.05) is 12.1 Å². The van der Waals surface area contributed by atoms with Gasteiger partial charge in [0.05, 0.1) is 17.3 Å².